The van der Waals surface area contributed by atoms with Crippen molar-refractivity contribution in [2.24, 2.45) is 0 Å². The number of aryl methyl sites for hydroxylation is 1. The molecule has 0 spiro atoms. The van der Waals surface area contributed by atoms with E-state index in [1.54, 1.807) is 30.3 Å². The lowest BCUT2D eigenvalue weighted by Gasteiger charge is -2.26. The van der Waals surface area contributed by atoms with Gasteiger partial charge in [0.15, 0.2) is 11.5 Å². The van der Waals surface area contributed by atoms with Crippen molar-refractivity contribution in [3.05, 3.63) is 93.0 Å². The van der Waals surface area contributed by atoms with Crippen LogP contribution >= 0.6 is 15.9 Å². The number of rotatable bonds is 10. The van der Waals surface area contributed by atoms with Crippen molar-refractivity contribution in [3.8, 4) is 17.2 Å². The Morgan fingerprint density at radius 3 is 2.33 bits per heavy atom. The van der Waals surface area contributed by atoms with Gasteiger partial charge in [-0.15, -0.1) is 0 Å². The van der Waals surface area contributed by atoms with Crippen LogP contribution in [0.3, 0.4) is 0 Å². The Morgan fingerprint density at radius 1 is 0.897 bits per heavy atom. The summed E-state index contributed by atoms with van der Waals surface area (Å²) in [5, 5.41) is 2.27. The second kappa shape index (κ2) is 12.6. The maximum absolute atomic E-state index is 13.4. The number of hydrogen-bond acceptors (Lipinski definition) is 6. The van der Waals surface area contributed by atoms with Crippen LogP contribution in [0.2, 0.25) is 0 Å². The van der Waals surface area contributed by atoms with Crippen LogP contribution in [0.1, 0.15) is 35.6 Å². The first kappa shape index (κ1) is 27.9. The fourth-order valence-electron chi connectivity index (χ4n) is 3.93. The van der Waals surface area contributed by atoms with Crippen LogP contribution in [0.15, 0.2) is 70.7 Å². The molecule has 3 aromatic rings. The topological polar surface area (TPSA) is 94.2 Å². The third kappa shape index (κ3) is 6.86. The highest BCUT2D eigenvalue weighted by Crippen LogP contribution is 2.30. The summed E-state index contributed by atoms with van der Waals surface area (Å²) in [5.41, 5.74) is 3.10. The van der Waals surface area contributed by atoms with Crippen molar-refractivity contribution in [2.45, 2.75) is 33.4 Å². The van der Waals surface area contributed by atoms with Crippen LogP contribution in [0, 0.1) is 6.92 Å². The Bertz CT molecular complexity index is 1420. The zero-order valence-electron chi connectivity index (χ0n) is 22.0. The minimum Gasteiger partial charge on any atom is -0.493 e. The number of methoxy groups -OCH3 is 1. The number of benzene rings is 3. The molecule has 0 atom stereocenters. The molecule has 1 saturated heterocycles. The van der Waals surface area contributed by atoms with Gasteiger partial charge in [0, 0.05) is 10.0 Å². The molecule has 0 aliphatic carbocycles. The average Bonchev–Trinajstić information content (AvgIpc) is 2.92. The number of imide groups is 2. The first-order valence-corrected chi connectivity index (χ1v) is 13.2. The third-order valence-electron chi connectivity index (χ3n) is 6.00. The number of nitrogens with zero attached hydrogens (tertiary/aromatic N) is 1. The molecular formula is C30H29BrN2O6. The van der Waals surface area contributed by atoms with Gasteiger partial charge in [0.25, 0.3) is 11.8 Å². The van der Waals surface area contributed by atoms with Crippen LogP contribution in [-0.2, 0) is 22.7 Å². The number of halogens is 1. The van der Waals surface area contributed by atoms with Crippen LogP contribution in [0.5, 0.6) is 17.2 Å². The number of barbiturate groups is 1. The van der Waals surface area contributed by atoms with E-state index in [1.165, 1.54) is 13.2 Å². The summed E-state index contributed by atoms with van der Waals surface area (Å²) in [6.45, 7) is 4.79. The Labute approximate surface area is 235 Å². The number of nitrogens with one attached hydrogen (secondary N) is 1. The zero-order chi connectivity index (χ0) is 27.9. The van der Waals surface area contributed by atoms with Gasteiger partial charge in [-0.3, -0.25) is 19.8 Å². The third-order valence-corrected chi connectivity index (χ3v) is 6.50. The number of urea groups is 1. The van der Waals surface area contributed by atoms with Crippen LogP contribution in [0.25, 0.3) is 6.08 Å². The molecular weight excluding hydrogens is 564 g/mol. The molecule has 1 aliphatic rings. The standard InChI is InChI=1S/C30H29BrN2O6/c1-4-13-38-26-11-9-21(14-27(26)37-3)17-33-29(35)24(28(34)32-30(33)36)16-22-15-23(31)10-12-25(22)39-18-20-7-5-19(2)6-8-20/h5-12,14-16H,4,13,17-18H2,1-3H3,(H,32,34,36)/b24-16+. The molecule has 0 bridgehead atoms. The number of carbonyl (C=O) groups is 3. The fraction of sp³-hybridized carbons (Fsp3) is 0.233. The van der Waals surface area contributed by atoms with Gasteiger partial charge in [-0.25, -0.2) is 4.79 Å². The molecule has 202 valence electrons. The van der Waals surface area contributed by atoms with E-state index in [0.717, 1.165) is 26.9 Å². The Morgan fingerprint density at radius 2 is 1.62 bits per heavy atom. The molecule has 39 heavy (non-hydrogen) atoms. The van der Waals surface area contributed by atoms with Crippen LogP contribution < -0.4 is 19.5 Å². The molecule has 0 aromatic heterocycles. The highest BCUT2D eigenvalue weighted by molar-refractivity contribution is 9.10. The van der Waals surface area contributed by atoms with E-state index in [4.69, 9.17) is 14.2 Å². The largest absolute Gasteiger partial charge is 0.493 e. The molecule has 0 radical (unpaired) electrons. The molecule has 3 aromatic carbocycles. The highest BCUT2D eigenvalue weighted by atomic mass is 79.9. The van der Waals surface area contributed by atoms with E-state index < -0.39 is 17.8 Å². The average molecular weight is 593 g/mol. The lowest BCUT2D eigenvalue weighted by molar-refractivity contribution is -0.130. The van der Waals surface area contributed by atoms with Crippen molar-refractivity contribution in [1.82, 2.24) is 10.2 Å². The van der Waals surface area contributed by atoms with E-state index in [2.05, 4.69) is 21.2 Å². The van der Waals surface area contributed by atoms with Crippen LogP contribution in [0.4, 0.5) is 4.79 Å². The fourth-order valence-corrected chi connectivity index (χ4v) is 4.31. The molecule has 4 amide bonds. The smallest absolute Gasteiger partial charge is 0.331 e. The van der Waals surface area contributed by atoms with E-state index >= 15 is 0 Å². The molecule has 4 rings (SSSR count). The number of amides is 4. The number of ether oxygens (including phenoxy) is 3. The SMILES string of the molecule is CCCOc1ccc(CN2C(=O)NC(=O)/C(=C\c3cc(Br)ccc3OCc3ccc(C)cc3)C2=O)cc1OC. The second-order valence-corrected chi connectivity index (χ2v) is 9.91. The van der Waals surface area contributed by atoms with E-state index in [1.807, 2.05) is 44.2 Å². The first-order chi connectivity index (χ1) is 18.8. The van der Waals surface area contributed by atoms with E-state index in [-0.39, 0.29) is 12.1 Å². The van der Waals surface area contributed by atoms with Gasteiger partial charge >= 0.3 is 6.03 Å². The molecule has 1 N–H and O–H groups in total. The number of hydrogen-bond donors (Lipinski definition) is 1. The normalized spacial score (nSPS) is 14.4. The van der Waals surface area contributed by atoms with E-state index in [9.17, 15) is 14.4 Å². The minimum absolute atomic E-state index is 0.0605. The van der Waals surface area contributed by atoms with Crippen molar-refractivity contribution in [1.29, 1.82) is 0 Å². The highest BCUT2D eigenvalue weighted by Gasteiger charge is 2.36. The molecule has 0 unspecified atom stereocenters. The van der Waals surface area contributed by atoms with Gasteiger partial charge in [0.1, 0.15) is 17.9 Å². The Kier molecular flexibility index (Phi) is 9.03. The summed E-state index contributed by atoms with van der Waals surface area (Å²) in [7, 11) is 1.52. The predicted molar refractivity (Wildman–Crippen MR) is 150 cm³/mol. The van der Waals surface area contributed by atoms with E-state index in [0.29, 0.717) is 41.6 Å². The predicted octanol–water partition coefficient (Wildman–Crippen LogP) is 5.80. The molecule has 8 nitrogen and oxygen atoms in total. The molecule has 1 fully saturated rings. The van der Waals surface area contributed by atoms with Crippen molar-refractivity contribution in [3.63, 3.8) is 0 Å². The maximum atomic E-state index is 13.4. The van der Waals surface area contributed by atoms with Gasteiger partial charge in [0.2, 0.25) is 0 Å². The summed E-state index contributed by atoms with van der Waals surface area (Å²) in [4.78, 5) is 39.8. The van der Waals surface area contributed by atoms with Crippen LogP contribution in [-0.4, -0.2) is 36.5 Å². The minimum atomic E-state index is -0.794. The second-order valence-electron chi connectivity index (χ2n) is 9.00. The van der Waals surface area contributed by atoms with Crippen molar-refractivity contribution in [2.75, 3.05) is 13.7 Å². The summed E-state index contributed by atoms with van der Waals surface area (Å²) >= 11 is 3.44. The monoisotopic (exact) mass is 592 g/mol. The Balaban J connectivity index is 1.58. The van der Waals surface area contributed by atoms with Gasteiger partial charge < -0.3 is 14.2 Å². The lowest BCUT2D eigenvalue weighted by atomic mass is 10.1. The van der Waals surface area contributed by atoms with Gasteiger partial charge in [0.05, 0.1) is 20.3 Å². The molecule has 9 heteroatoms. The first-order valence-electron chi connectivity index (χ1n) is 12.5. The maximum Gasteiger partial charge on any atom is 0.331 e. The quantitative estimate of drug-likeness (QED) is 0.236. The Hall–Kier alpha value is -4.11. The lowest BCUT2D eigenvalue weighted by Crippen LogP contribution is -2.53. The summed E-state index contributed by atoms with van der Waals surface area (Å²) in [6.07, 6.45) is 2.28. The molecule has 0 saturated carbocycles. The van der Waals surface area contributed by atoms with Crippen molar-refractivity contribution < 1.29 is 28.6 Å². The molecule has 1 aliphatic heterocycles. The summed E-state index contributed by atoms with van der Waals surface area (Å²) in [5.74, 6) is 0.0658. The van der Waals surface area contributed by atoms with Gasteiger partial charge in [-0.1, -0.05) is 58.7 Å². The summed E-state index contributed by atoms with van der Waals surface area (Å²) < 4.78 is 17.9. The summed E-state index contributed by atoms with van der Waals surface area (Å²) in [6, 6.07) is 17.7. The van der Waals surface area contributed by atoms with Gasteiger partial charge in [-0.05, 0) is 60.9 Å². The zero-order valence-corrected chi connectivity index (χ0v) is 23.5. The van der Waals surface area contributed by atoms with Gasteiger partial charge in [-0.2, -0.15) is 0 Å². The van der Waals surface area contributed by atoms with Crippen molar-refractivity contribution >= 4 is 39.9 Å². The number of carbonyl (C=O) groups excluding carboxylic acids is 3. The molecule has 1 heterocycles.